The van der Waals surface area contributed by atoms with Crippen molar-refractivity contribution in [3.05, 3.63) is 71.3 Å². The molecule has 0 amide bonds. The molecule has 164 valence electrons. The first kappa shape index (κ1) is 22.2. The summed E-state index contributed by atoms with van der Waals surface area (Å²) < 4.78 is 33.4. The summed E-state index contributed by atoms with van der Waals surface area (Å²) in [5.74, 6) is 4.32. The smallest absolute Gasteiger partial charge is 0.161 e. The topological polar surface area (TPSA) is 55.4 Å². The highest BCUT2D eigenvalue weighted by molar-refractivity contribution is 5.45. The van der Waals surface area contributed by atoms with Crippen molar-refractivity contribution in [3.8, 4) is 34.5 Å². The minimum absolute atomic E-state index is 0.382. The van der Waals surface area contributed by atoms with Gasteiger partial charge in [-0.2, -0.15) is 0 Å². The molecule has 0 saturated carbocycles. The molecule has 3 aromatic rings. The second-order valence-electron chi connectivity index (χ2n) is 6.87. The van der Waals surface area contributed by atoms with Crippen LogP contribution >= 0.6 is 0 Å². The first-order valence-electron chi connectivity index (χ1n) is 9.86. The number of benzene rings is 3. The molecule has 0 spiro atoms. The molecule has 3 rings (SSSR count). The van der Waals surface area contributed by atoms with Gasteiger partial charge in [0.25, 0.3) is 0 Å². The molecular weight excluding hydrogens is 396 g/mol. The summed E-state index contributed by atoms with van der Waals surface area (Å²) in [5.41, 5.74) is 2.86. The number of ether oxygens (including phenoxy) is 6. The quantitative estimate of drug-likeness (QED) is 0.447. The van der Waals surface area contributed by atoms with Gasteiger partial charge in [-0.1, -0.05) is 12.1 Å². The minimum Gasteiger partial charge on any atom is -0.497 e. The Morgan fingerprint density at radius 3 is 1.68 bits per heavy atom. The maximum absolute atomic E-state index is 6.05. The van der Waals surface area contributed by atoms with Gasteiger partial charge in [0.05, 0.1) is 28.4 Å². The Morgan fingerprint density at radius 2 is 1.13 bits per heavy atom. The molecule has 0 fully saturated rings. The Bertz CT molecular complexity index is 993. The lowest BCUT2D eigenvalue weighted by atomic mass is 10.2. The second-order valence-corrected chi connectivity index (χ2v) is 6.87. The number of methoxy groups -OCH3 is 4. The van der Waals surface area contributed by atoms with E-state index in [-0.39, 0.29) is 0 Å². The van der Waals surface area contributed by atoms with Crippen molar-refractivity contribution in [2.75, 3.05) is 28.4 Å². The standard InChI is InChI=1S/C25H28O6/c1-17-22(30-15-18-9-10-24(28-4)25(13-18)29-5)7-6-8-23(17)31-16-19-11-20(26-2)14-21(12-19)27-3/h6-14H,15-16H2,1-5H3. The van der Waals surface area contributed by atoms with Crippen LogP contribution in [0.2, 0.25) is 0 Å². The van der Waals surface area contributed by atoms with E-state index in [0.29, 0.717) is 24.7 Å². The Kier molecular flexibility index (Phi) is 7.49. The third-order valence-electron chi connectivity index (χ3n) is 4.88. The van der Waals surface area contributed by atoms with Crippen LogP contribution in [0.5, 0.6) is 34.5 Å². The normalized spacial score (nSPS) is 10.4. The SMILES string of the molecule is COc1cc(COc2cccc(OCc3ccc(OC)c(OC)c3)c2C)cc(OC)c1. The molecule has 0 radical (unpaired) electrons. The van der Waals surface area contributed by atoms with Crippen LogP contribution in [0, 0.1) is 6.92 Å². The van der Waals surface area contributed by atoms with Crippen LogP contribution in [0.15, 0.2) is 54.6 Å². The highest BCUT2D eigenvalue weighted by Gasteiger charge is 2.10. The summed E-state index contributed by atoms with van der Waals surface area (Å²) in [6.45, 7) is 2.76. The zero-order valence-corrected chi connectivity index (χ0v) is 18.6. The fourth-order valence-corrected chi connectivity index (χ4v) is 3.15. The Labute approximate surface area is 183 Å². The lowest BCUT2D eigenvalue weighted by Gasteiger charge is -2.15. The first-order valence-corrected chi connectivity index (χ1v) is 9.86. The van der Waals surface area contributed by atoms with E-state index in [2.05, 4.69) is 0 Å². The zero-order valence-electron chi connectivity index (χ0n) is 18.6. The molecule has 31 heavy (non-hydrogen) atoms. The highest BCUT2D eigenvalue weighted by Crippen LogP contribution is 2.31. The van der Waals surface area contributed by atoms with Gasteiger partial charge < -0.3 is 28.4 Å². The molecule has 0 aliphatic rings. The van der Waals surface area contributed by atoms with Crippen molar-refractivity contribution in [2.45, 2.75) is 20.1 Å². The molecule has 0 bridgehead atoms. The maximum atomic E-state index is 6.05. The molecule has 6 nitrogen and oxygen atoms in total. The van der Waals surface area contributed by atoms with E-state index in [4.69, 9.17) is 28.4 Å². The van der Waals surface area contributed by atoms with Gasteiger partial charge in [0.1, 0.15) is 36.2 Å². The maximum Gasteiger partial charge on any atom is 0.161 e. The number of hydrogen-bond acceptors (Lipinski definition) is 6. The van der Waals surface area contributed by atoms with E-state index >= 15 is 0 Å². The summed E-state index contributed by atoms with van der Waals surface area (Å²) in [5, 5.41) is 0. The van der Waals surface area contributed by atoms with Gasteiger partial charge in [0.2, 0.25) is 0 Å². The number of hydrogen-bond donors (Lipinski definition) is 0. The average Bonchev–Trinajstić information content (AvgIpc) is 2.82. The molecule has 0 heterocycles. The van der Waals surface area contributed by atoms with E-state index in [1.807, 2.05) is 61.5 Å². The Morgan fingerprint density at radius 1 is 0.548 bits per heavy atom. The van der Waals surface area contributed by atoms with Gasteiger partial charge in [-0.3, -0.25) is 0 Å². The van der Waals surface area contributed by atoms with Crippen molar-refractivity contribution in [1.82, 2.24) is 0 Å². The van der Waals surface area contributed by atoms with Crippen LogP contribution < -0.4 is 28.4 Å². The summed E-state index contributed by atoms with van der Waals surface area (Å²) in [6.07, 6.45) is 0. The predicted octanol–water partition coefficient (Wildman–Crippen LogP) is 5.19. The van der Waals surface area contributed by atoms with E-state index in [1.54, 1.807) is 28.4 Å². The van der Waals surface area contributed by atoms with Crippen LogP contribution in [0.4, 0.5) is 0 Å². The van der Waals surface area contributed by atoms with E-state index in [0.717, 1.165) is 39.7 Å². The van der Waals surface area contributed by atoms with Crippen LogP contribution in [0.1, 0.15) is 16.7 Å². The fraction of sp³-hybridized carbons (Fsp3) is 0.280. The van der Waals surface area contributed by atoms with Crippen molar-refractivity contribution in [2.24, 2.45) is 0 Å². The average molecular weight is 424 g/mol. The predicted molar refractivity (Wildman–Crippen MR) is 119 cm³/mol. The Balaban J connectivity index is 1.69. The zero-order chi connectivity index (χ0) is 22.2. The third-order valence-corrected chi connectivity index (χ3v) is 4.88. The van der Waals surface area contributed by atoms with Crippen LogP contribution in [0.3, 0.4) is 0 Å². The van der Waals surface area contributed by atoms with Gasteiger partial charge in [-0.25, -0.2) is 0 Å². The van der Waals surface area contributed by atoms with Crippen LogP contribution in [-0.2, 0) is 13.2 Å². The number of rotatable bonds is 10. The lowest BCUT2D eigenvalue weighted by Crippen LogP contribution is -2.02. The molecule has 6 heteroatoms. The second kappa shape index (κ2) is 10.5. The van der Waals surface area contributed by atoms with Crippen molar-refractivity contribution < 1.29 is 28.4 Å². The Hall–Kier alpha value is -3.54. The van der Waals surface area contributed by atoms with Crippen LogP contribution in [-0.4, -0.2) is 28.4 Å². The largest absolute Gasteiger partial charge is 0.497 e. The molecule has 0 aliphatic heterocycles. The van der Waals surface area contributed by atoms with Gasteiger partial charge in [-0.05, 0) is 54.4 Å². The fourth-order valence-electron chi connectivity index (χ4n) is 3.15. The lowest BCUT2D eigenvalue weighted by molar-refractivity contribution is 0.284. The van der Waals surface area contributed by atoms with Crippen molar-refractivity contribution >= 4 is 0 Å². The van der Waals surface area contributed by atoms with Gasteiger partial charge in [0.15, 0.2) is 11.5 Å². The van der Waals surface area contributed by atoms with E-state index < -0.39 is 0 Å². The monoisotopic (exact) mass is 424 g/mol. The molecule has 3 aromatic carbocycles. The molecule has 0 N–H and O–H groups in total. The summed E-state index contributed by atoms with van der Waals surface area (Å²) in [7, 11) is 6.49. The van der Waals surface area contributed by atoms with Gasteiger partial charge >= 0.3 is 0 Å². The summed E-state index contributed by atoms with van der Waals surface area (Å²) >= 11 is 0. The molecule has 0 atom stereocenters. The molecule has 0 aromatic heterocycles. The van der Waals surface area contributed by atoms with Crippen molar-refractivity contribution in [3.63, 3.8) is 0 Å². The molecule has 0 saturated heterocycles. The summed E-state index contributed by atoms with van der Waals surface area (Å²) in [4.78, 5) is 0. The molecule has 0 aliphatic carbocycles. The molecule has 0 unspecified atom stereocenters. The van der Waals surface area contributed by atoms with Crippen molar-refractivity contribution in [1.29, 1.82) is 0 Å². The highest BCUT2D eigenvalue weighted by atomic mass is 16.5. The third kappa shape index (κ3) is 5.54. The summed E-state index contributed by atoms with van der Waals surface area (Å²) in [6, 6.07) is 17.2. The van der Waals surface area contributed by atoms with E-state index in [9.17, 15) is 0 Å². The molecular formula is C25H28O6. The minimum atomic E-state index is 0.382. The van der Waals surface area contributed by atoms with Gasteiger partial charge in [0, 0.05) is 11.6 Å². The van der Waals surface area contributed by atoms with Crippen LogP contribution in [0.25, 0.3) is 0 Å². The van der Waals surface area contributed by atoms with Gasteiger partial charge in [-0.15, -0.1) is 0 Å². The van der Waals surface area contributed by atoms with E-state index in [1.165, 1.54) is 0 Å². The first-order chi connectivity index (χ1) is 15.1.